The lowest BCUT2D eigenvalue weighted by atomic mass is 10.2. The predicted molar refractivity (Wildman–Crippen MR) is 74.3 cm³/mol. The molecule has 0 radical (unpaired) electrons. The molecule has 1 aliphatic rings. The van der Waals surface area contributed by atoms with Gasteiger partial charge in [0.2, 0.25) is 5.91 Å². The lowest BCUT2D eigenvalue weighted by molar-refractivity contribution is -0.115. The van der Waals surface area contributed by atoms with Crippen LogP contribution in [-0.4, -0.2) is 23.6 Å². The summed E-state index contributed by atoms with van der Waals surface area (Å²) >= 11 is 5.01. The molecule has 2 rings (SSSR count). The van der Waals surface area contributed by atoms with Crippen LogP contribution in [0.25, 0.3) is 0 Å². The van der Waals surface area contributed by atoms with Crippen molar-refractivity contribution < 1.29 is 9.53 Å². The van der Waals surface area contributed by atoms with Gasteiger partial charge in [0, 0.05) is 10.2 Å². The van der Waals surface area contributed by atoms with E-state index in [2.05, 4.69) is 21.2 Å². The van der Waals surface area contributed by atoms with E-state index in [4.69, 9.17) is 4.74 Å². The van der Waals surface area contributed by atoms with Crippen molar-refractivity contribution in [3.05, 3.63) is 18.2 Å². The number of amides is 1. The second-order valence-electron chi connectivity index (χ2n) is 3.76. The van der Waals surface area contributed by atoms with E-state index in [0.717, 1.165) is 34.5 Å². The van der Waals surface area contributed by atoms with E-state index < -0.39 is 0 Å². The van der Waals surface area contributed by atoms with E-state index >= 15 is 0 Å². The van der Waals surface area contributed by atoms with Crippen LogP contribution in [0.4, 0.5) is 5.69 Å². The molecule has 1 unspecified atom stereocenters. The Hall–Kier alpha value is -0.680. The molecule has 1 aliphatic heterocycles. The van der Waals surface area contributed by atoms with E-state index in [0.29, 0.717) is 0 Å². The van der Waals surface area contributed by atoms with Gasteiger partial charge in [-0.2, -0.15) is 0 Å². The highest BCUT2D eigenvalue weighted by Gasteiger charge is 2.28. The van der Waals surface area contributed by atoms with Crippen molar-refractivity contribution in [1.29, 1.82) is 0 Å². The maximum atomic E-state index is 11.9. The van der Waals surface area contributed by atoms with Gasteiger partial charge in [0.1, 0.15) is 5.75 Å². The molecule has 1 heterocycles. The Kier molecular flexibility index (Phi) is 4.34. The number of carbonyl (C=O) groups excluding carboxylic acids is 1. The molecule has 92 valence electrons. The Morgan fingerprint density at radius 1 is 1.53 bits per heavy atom. The van der Waals surface area contributed by atoms with Crippen LogP contribution in [0.15, 0.2) is 23.1 Å². The van der Waals surface area contributed by atoms with Crippen molar-refractivity contribution in [1.82, 2.24) is 0 Å². The molecule has 0 saturated heterocycles. The summed E-state index contributed by atoms with van der Waals surface area (Å²) < 4.78 is 5.24. The number of alkyl halides is 1. The minimum Gasteiger partial charge on any atom is -0.495 e. The van der Waals surface area contributed by atoms with Crippen molar-refractivity contribution in [3.63, 3.8) is 0 Å². The van der Waals surface area contributed by atoms with Crippen LogP contribution in [0.5, 0.6) is 5.75 Å². The summed E-state index contributed by atoms with van der Waals surface area (Å²) in [5, 5.41) is 3.88. The van der Waals surface area contributed by atoms with Gasteiger partial charge in [-0.1, -0.05) is 22.0 Å². The van der Waals surface area contributed by atoms with Gasteiger partial charge in [0.05, 0.1) is 18.0 Å². The van der Waals surface area contributed by atoms with Crippen molar-refractivity contribution in [2.24, 2.45) is 0 Å². The standard InChI is InChI=1S/C12H14BrNO2S/c1-16-8-4-2-5-9-11(8)14-12(15)10(17-9)6-3-7-13/h2,4-5,10H,3,6-7H2,1H3,(H,14,15). The highest BCUT2D eigenvalue weighted by molar-refractivity contribution is 9.09. The summed E-state index contributed by atoms with van der Waals surface area (Å²) in [5.74, 6) is 0.801. The average molecular weight is 316 g/mol. The number of methoxy groups -OCH3 is 1. The second-order valence-corrected chi connectivity index (χ2v) is 5.80. The Morgan fingerprint density at radius 3 is 3.06 bits per heavy atom. The van der Waals surface area contributed by atoms with Crippen molar-refractivity contribution in [2.75, 3.05) is 17.8 Å². The molecule has 1 atom stereocenters. The number of hydrogen-bond donors (Lipinski definition) is 1. The highest BCUT2D eigenvalue weighted by atomic mass is 79.9. The summed E-state index contributed by atoms with van der Waals surface area (Å²) in [6.45, 7) is 0. The molecule has 1 aromatic rings. The summed E-state index contributed by atoms with van der Waals surface area (Å²) in [4.78, 5) is 13.0. The number of nitrogens with one attached hydrogen (secondary N) is 1. The molecule has 1 N–H and O–H groups in total. The molecular weight excluding hydrogens is 302 g/mol. The molecule has 0 spiro atoms. The molecule has 3 nitrogen and oxygen atoms in total. The molecule has 0 saturated carbocycles. The smallest absolute Gasteiger partial charge is 0.237 e. The van der Waals surface area contributed by atoms with Crippen LogP contribution in [-0.2, 0) is 4.79 Å². The monoisotopic (exact) mass is 315 g/mol. The zero-order valence-corrected chi connectivity index (χ0v) is 11.9. The Labute approximate surface area is 113 Å². The summed E-state index contributed by atoms with van der Waals surface area (Å²) in [5.41, 5.74) is 0.806. The number of thioether (sulfide) groups is 1. The Bertz CT molecular complexity index is 425. The topological polar surface area (TPSA) is 38.3 Å². The molecule has 1 aromatic carbocycles. The number of anilines is 1. The fraction of sp³-hybridized carbons (Fsp3) is 0.417. The first kappa shape index (κ1) is 12.8. The first-order valence-corrected chi connectivity index (χ1v) is 7.47. The molecule has 1 amide bonds. The van der Waals surface area contributed by atoms with E-state index in [1.807, 2.05) is 18.2 Å². The van der Waals surface area contributed by atoms with Crippen molar-refractivity contribution in [3.8, 4) is 5.75 Å². The first-order valence-electron chi connectivity index (χ1n) is 5.46. The van der Waals surface area contributed by atoms with Gasteiger partial charge < -0.3 is 10.1 Å². The number of para-hydroxylation sites is 1. The van der Waals surface area contributed by atoms with E-state index in [9.17, 15) is 4.79 Å². The molecular formula is C12H14BrNO2S. The number of fused-ring (bicyclic) bond motifs is 1. The minimum atomic E-state index is 0.00663. The lowest BCUT2D eigenvalue weighted by Gasteiger charge is -2.25. The van der Waals surface area contributed by atoms with Gasteiger partial charge in [-0.3, -0.25) is 4.79 Å². The van der Waals surface area contributed by atoms with Crippen LogP contribution in [0.3, 0.4) is 0 Å². The van der Waals surface area contributed by atoms with Gasteiger partial charge in [-0.15, -0.1) is 11.8 Å². The third kappa shape index (κ3) is 2.77. The number of carbonyl (C=O) groups is 1. The van der Waals surface area contributed by atoms with Gasteiger partial charge in [0.15, 0.2) is 0 Å². The van der Waals surface area contributed by atoms with E-state index in [1.165, 1.54) is 0 Å². The zero-order valence-electron chi connectivity index (χ0n) is 9.53. The van der Waals surface area contributed by atoms with Gasteiger partial charge in [-0.25, -0.2) is 0 Å². The molecule has 0 aliphatic carbocycles. The quantitative estimate of drug-likeness (QED) is 0.866. The maximum absolute atomic E-state index is 11.9. The Balaban J connectivity index is 2.21. The predicted octanol–water partition coefficient (Wildman–Crippen LogP) is 3.28. The highest BCUT2D eigenvalue weighted by Crippen LogP contribution is 2.42. The van der Waals surface area contributed by atoms with Crippen LogP contribution >= 0.6 is 27.7 Å². The number of rotatable bonds is 4. The fourth-order valence-corrected chi connectivity index (χ4v) is 3.27. The SMILES string of the molecule is COc1cccc2c1NC(=O)C(CCCBr)S2. The molecule has 5 heteroatoms. The molecule has 17 heavy (non-hydrogen) atoms. The van der Waals surface area contributed by atoms with Crippen LogP contribution in [0, 0.1) is 0 Å². The molecule has 0 bridgehead atoms. The zero-order chi connectivity index (χ0) is 12.3. The number of halogens is 1. The normalized spacial score (nSPS) is 18.5. The minimum absolute atomic E-state index is 0.00663. The lowest BCUT2D eigenvalue weighted by Crippen LogP contribution is -2.29. The van der Waals surface area contributed by atoms with Gasteiger partial charge in [0.25, 0.3) is 0 Å². The third-order valence-electron chi connectivity index (χ3n) is 2.62. The number of benzene rings is 1. The molecule has 0 fully saturated rings. The van der Waals surface area contributed by atoms with Crippen molar-refractivity contribution >= 4 is 39.3 Å². The van der Waals surface area contributed by atoms with Crippen LogP contribution < -0.4 is 10.1 Å². The average Bonchev–Trinajstić information content (AvgIpc) is 2.35. The fourth-order valence-electron chi connectivity index (χ4n) is 1.77. The third-order valence-corrected chi connectivity index (χ3v) is 4.51. The molecule has 0 aromatic heterocycles. The first-order chi connectivity index (χ1) is 8.26. The number of hydrogen-bond acceptors (Lipinski definition) is 3. The largest absolute Gasteiger partial charge is 0.495 e. The summed E-state index contributed by atoms with van der Waals surface area (Å²) in [6, 6.07) is 5.82. The van der Waals surface area contributed by atoms with E-state index in [-0.39, 0.29) is 11.2 Å². The second kappa shape index (κ2) is 5.78. The van der Waals surface area contributed by atoms with Crippen molar-refractivity contribution in [2.45, 2.75) is 23.0 Å². The van der Waals surface area contributed by atoms with Crippen LogP contribution in [0.2, 0.25) is 0 Å². The van der Waals surface area contributed by atoms with E-state index in [1.54, 1.807) is 18.9 Å². The van der Waals surface area contributed by atoms with Gasteiger partial charge in [-0.05, 0) is 25.0 Å². The summed E-state index contributed by atoms with van der Waals surface area (Å²) in [6.07, 6.45) is 1.89. The van der Waals surface area contributed by atoms with Crippen LogP contribution in [0.1, 0.15) is 12.8 Å². The maximum Gasteiger partial charge on any atom is 0.237 e. The Morgan fingerprint density at radius 2 is 2.35 bits per heavy atom. The summed E-state index contributed by atoms with van der Waals surface area (Å²) in [7, 11) is 1.61. The van der Waals surface area contributed by atoms with Gasteiger partial charge >= 0.3 is 0 Å². The number of ether oxygens (including phenoxy) is 1.